The van der Waals surface area contributed by atoms with Crippen LogP contribution in [0.4, 0.5) is 11.5 Å². The molecule has 0 spiro atoms. The van der Waals surface area contributed by atoms with Crippen molar-refractivity contribution in [2.45, 2.75) is 13.8 Å². The average molecular weight is 468 g/mol. The number of rotatable bonds is 8. The Kier molecular flexibility index (Phi) is 7.47. The van der Waals surface area contributed by atoms with Gasteiger partial charge in [-0.05, 0) is 37.6 Å². The number of aromatic nitrogens is 2. The Hall–Kier alpha value is -4.52. The van der Waals surface area contributed by atoms with E-state index in [2.05, 4.69) is 15.5 Å². The lowest BCUT2D eigenvalue weighted by Crippen LogP contribution is -2.14. The Bertz CT molecular complexity index is 1320. The first-order valence-corrected chi connectivity index (χ1v) is 11.3. The Morgan fingerprint density at radius 1 is 0.743 bits per heavy atom. The lowest BCUT2D eigenvalue weighted by atomic mass is 9.95. The fourth-order valence-corrected chi connectivity index (χ4v) is 3.69. The van der Waals surface area contributed by atoms with Gasteiger partial charge in [-0.2, -0.15) is 0 Å². The second-order valence-electron chi connectivity index (χ2n) is 7.53. The van der Waals surface area contributed by atoms with Gasteiger partial charge in [-0.25, -0.2) is 9.59 Å². The van der Waals surface area contributed by atoms with E-state index in [0.29, 0.717) is 22.5 Å². The minimum Gasteiger partial charge on any atom is -0.462 e. The third-order valence-electron chi connectivity index (χ3n) is 5.20. The summed E-state index contributed by atoms with van der Waals surface area (Å²) < 4.78 is 10.5. The molecule has 0 amide bonds. The van der Waals surface area contributed by atoms with Gasteiger partial charge in [-0.3, -0.25) is 0 Å². The third kappa shape index (κ3) is 5.35. The highest BCUT2D eigenvalue weighted by atomic mass is 16.5. The van der Waals surface area contributed by atoms with E-state index in [-0.39, 0.29) is 24.6 Å². The maximum Gasteiger partial charge on any atom is 0.342 e. The Balaban J connectivity index is 1.89. The molecular weight excluding hydrogens is 442 g/mol. The van der Waals surface area contributed by atoms with Gasteiger partial charge in [-0.15, -0.1) is 10.2 Å². The lowest BCUT2D eigenvalue weighted by Gasteiger charge is -2.17. The van der Waals surface area contributed by atoms with Crippen LogP contribution < -0.4 is 5.32 Å². The molecule has 0 aliphatic heterocycles. The van der Waals surface area contributed by atoms with Crippen LogP contribution in [0.1, 0.15) is 34.6 Å². The van der Waals surface area contributed by atoms with Crippen molar-refractivity contribution < 1.29 is 19.1 Å². The van der Waals surface area contributed by atoms with Gasteiger partial charge in [0.15, 0.2) is 5.82 Å². The van der Waals surface area contributed by atoms with Crippen LogP contribution in [0.3, 0.4) is 0 Å². The van der Waals surface area contributed by atoms with Crippen LogP contribution in [0, 0.1) is 0 Å². The Morgan fingerprint density at radius 3 is 2.03 bits per heavy atom. The molecule has 1 N–H and O–H groups in total. The molecule has 0 atom stereocenters. The number of ether oxygens (including phenoxy) is 2. The normalized spacial score (nSPS) is 10.5. The molecule has 7 heteroatoms. The molecule has 0 aliphatic carbocycles. The molecule has 4 aromatic rings. The number of nitrogens with zero attached hydrogens (tertiary/aromatic N) is 2. The molecule has 176 valence electrons. The second-order valence-corrected chi connectivity index (χ2v) is 7.53. The summed E-state index contributed by atoms with van der Waals surface area (Å²) in [6.45, 7) is 3.98. The molecule has 0 bridgehead atoms. The summed E-state index contributed by atoms with van der Waals surface area (Å²) in [5, 5.41) is 12.0. The van der Waals surface area contributed by atoms with Crippen LogP contribution in [0.5, 0.6) is 0 Å². The molecule has 0 fully saturated rings. The van der Waals surface area contributed by atoms with Crippen LogP contribution in [0.15, 0.2) is 84.9 Å². The van der Waals surface area contributed by atoms with Gasteiger partial charge < -0.3 is 14.8 Å². The largest absolute Gasteiger partial charge is 0.462 e. The summed E-state index contributed by atoms with van der Waals surface area (Å²) in [7, 11) is 0. The maximum absolute atomic E-state index is 13.3. The van der Waals surface area contributed by atoms with Gasteiger partial charge >= 0.3 is 11.9 Å². The van der Waals surface area contributed by atoms with Gasteiger partial charge in [0.25, 0.3) is 0 Å². The van der Waals surface area contributed by atoms with Crippen LogP contribution in [-0.2, 0) is 9.47 Å². The number of nitrogens with one attached hydrogen (secondary N) is 1. The second kappa shape index (κ2) is 11.1. The first-order chi connectivity index (χ1) is 17.1. The summed E-state index contributed by atoms with van der Waals surface area (Å²) in [6.07, 6.45) is 0. The highest BCUT2D eigenvalue weighted by molar-refractivity contribution is 6.05. The predicted octanol–water partition coefficient (Wildman–Crippen LogP) is 5.91. The molecular formula is C28H25N3O4. The highest BCUT2D eigenvalue weighted by Gasteiger charge is 2.26. The number of carbonyl (C=O) groups is 2. The molecule has 7 nitrogen and oxygen atoms in total. The van der Waals surface area contributed by atoms with Crippen molar-refractivity contribution in [3.8, 4) is 22.4 Å². The molecule has 0 saturated carbocycles. The smallest absolute Gasteiger partial charge is 0.342 e. The van der Waals surface area contributed by atoms with Crippen molar-refractivity contribution in [2.24, 2.45) is 0 Å². The fourth-order valence-electron chi connectivity index (χ4n) is 3.69. The molecule has 1 heterocycles. The first-order valence-electron chi connectivity index (χ1n) is 11.3. The van der Waals surface area contributed by atoms with Crippen molar-refractivity contribution in [3.05, 3.63) is 96.1 Å². The minimum atomic E-state index is -0.525. The van der Waals surface area contributed by atoms with E-state index in [1.54, 1.807) is 38.1 Å². The Morgan fingerprint density at radius 2 is 1.37 bits per heavy atom. The zero-order valence-electron chi connectivity index (χ0n) is 19.5. The van der Waals surface area contributed by atoms with Crippen LogP contribution >= 0.6 is 0 Å². The summed E-state index contributed by atoms with van der Waals surface area (Å²) in [4.78, 5) is 25.5. The topological polar surface area (TPSA) is 90.4 Å². The summed E-state index contributed by atoms with van der Waals surface area (Å²) >= 11 is 0. The van der Waals surface area contributed by atoms with Crippen LogP contribution in [-0.4, -0.2) is 35.3 Å². The van der Waals surface area contributed by atoms with E-state index in [9.17, 15) is 9.59 Å². The number of esters is 2. The zero-order chi connectivity index (χ0) is 24.6. The molecule has 0 unspecified atom stereocenters. The molecule has 0 saturated heterocycles. The van der Waals surface area contributed by atoms with Crippen molar-refractivity contribution in [3.63, 3.8) is 0 Å². The first kappa shape index (κ1) is 23.6. The van der Waals surface area contributed by atoms with E-state index in [1.165, 1.54) is 0 Å². The number of hydrogen-bond donors (Lipinski definition) is 1. The molecule has 3 aromatic carbocycles. The van der Waals surface area contributed by atoms with Gasteiger partial charge in [-0.1, -0.05) is 66.7 Å². The fraction of sp³-hybridized carbons (Fsp3) is 0.143. The van der Waals surface area contributed by atoms with Crippen molar-refractivity contribution in [1.29, 1.82) is 0 Å². The van der Waals surface area contributed by atoms with Crippen LogP contribution in [0.25, 0.3) is 22.4 Å². The van der Waals surface area contributed by atoms with Gasteiger partial charge in [0.2, 0.25) is 0 Å². The van der Waals surface area contributed by atoms with Gasteiger partial charge in [0.05, 0.1) is 18.8 Å². The van der Waals surface area contributed by atoms with Crippen molar-refractivity contribution in [1.82, 2.24) is 10.2 Å². The molecule has 4 rings (SSSR count). The molecule has 35 heavy (non-hydrogen) atoms. The lowest BCUT2D eigenvalue weighted by molar-refractivity contribution is 0.0517. The summed E-state index contributed by atoms with van der Waals surface area (Å²) in [6, 6.07) is 25.9. The average Bonchev–Trinajstić information content (AvgIpc) is 2.90. The predicted molar refractivity (Wildman–Crippen MR) is 135 cm³/mol. The van der Waals surface area contributed by atoms with Crippen molar-refractivity contribution in [2.75, 3.05) is 18.5 Å². The number of hydrogen-bond acceptors (Lipinski definition) is 7. The monoisotopic (exact) mass is 467 g/mol. The van der Waals surface area contributed by atoms with E-state index >= 15 is 0 Å². The van der Waals surface area contributed by atoms with E-state index in [4.69, 9.17) is 9.47 Å². The summed E-state index contributed by atoms with van der Waals surface area (Å²) in [5.41, 5.74) is 3.98. The Labute approximate surface area is 203 Å². The standard InChI is InChI=1S/C28H25N3O4/c1-3-34-27(32)21-16-11-17-22(18-21)29-26-24(28(33)35-4-2)23(19-12-7-5-8-13-19)25(30-31-26)20-14-9-6-10-15-20/h5-18H,3-4H2,1-2H3,(H,29,31). The van der Waals surface area contributed by atoms with Gasteiger partial charge in [0, 0.05) is 16.8 Å². The number of carbonyl (C=O) groups excluding carboxylic acids is 2. The van der Waals surface area contributed by atoms with Gasteiger partial charge in [0.1, 0.15) is 11.3 Å². The van der Waals surface area contributed by atoms with E-state index in [0.717, 1.165) is 11.1 Å². The van der Waals surface area contributed by atoms with Crippen molar-refractivity contribution >= 4 is 23.4 Å². The van der Waals surface area contributed by atoms with Crippen LogP contribution in [0.2, 0.25) is 0 Å². The minimum absolute atomic E-state index is 0.202. The number of anilines is 2. The summed E-state index contributed by atoms with van der Waals surface area (Å²) in [5.74, 6) is -0.734. The molecule has 1 aromatic heterocycles. The zero-order valence-corrected chi connectivity index (χ0v) is 19.5. The molecule has 0 aliphatic rings. The SMILES string of the molecule is CCOC(=O)c1cccc(Nc2nnc(-c3ccccc3)c(-c3ccccc3)c2C(=O)OCC)c1. The molecule has 0 radical (unpaired) electrons. The number of benzene rings is 3. The highest BCUT2D eigenvalue weighted by Crippen LogP contribution is 2.37. The third-order valence-corrected chi connectivity index (χ3v) is 5.20. The van der Waals surface area contributed by atoms with E-state index in [1.807, 2.05) is 60.7 Å². The van der Waals surface area contributed by atoms with E-state index < -0.39 is 11.9 Å². The maximum atomic E-state index is 13.3. The quantitative estimate of drug-likeness (QED) is 0.322.